The van der Waals surface area contributed by atoms with Crippen LogP contribution in [0.3, 0.4) is 0 Å². The Bertz CT molecular complexity index is 546. The lowest BCUT2D eigenvalue weighted by Gasteiger charge is -2.38. The Kier molecular flexibility index (Phi) is 6.85. The predicted molar refractivity (Wildman–Crippen MR) is 93.9 cm³/mol. The van der Waals surface area contributed by atoms with Crippen molar-refractivity contribution in [1.29, 1.82) is 0 Å². The number of carbonyl (C=O) groups is 1. The van der Waals surface area contributed by atoms with Crippen molar-refractivity contribution in [2.75, 3.05) is 32.8 Å². The lowest BCUT2D eigenvalue weighted by atomic mass is 10.1. The molecule has 0 radical (unpaired) electrons. The molecule has 128 valence electrons. The first-order chi connectivity index (χ1) is 10.6. The minimum Gasteiger partial charge on any atom is -0.375 e. The molecule has 1 N–H and O–H groups in total. The van der Waals surface area contributed by atoms with Crippen LogP contribution in [-0.2, 0) is 14.3 Å². The Labute approximate surface area is 151 Å². The van der Waals surface area contributed by atoms with Crippen LogP contribution in [0.1, 0.15) is 18.6 Å². The third-order valence-electron chi connectivity index (χ3n) is 4.18. The molecule has 1 unspecified atom stereocenters. The Hall–Kier alpha value is -0.660. The smallest absolute Gasteiger partial charge is 0.242 e. The van der Waals surface area contributed by atoms with E-state index in [1.807, 2.05) is 36.1 Å². The molecule has 7 heteroatoms. The van der Waals surface area contributed by atoms with E-state index in [1.165, 1.54) is 0 Å². The van der Waals surface area contributed by atoms with Crippen molar-refractivity contribution >= 4 is 34.2 Å². The van der Waals surface area contributed by atoms with Gasteiger partial charge < -0.3 is 19.7 Å². The van der Waals surface area contributed by atoms with Crippen LogP contribution in [0, 0.1) is 0 Å². The van der Waals surface area contributed by atoms with Gasteiger partial charge in [-0.15, -0.1) is 12.4 Å². The summed E-state index contributed by atoms with van der Waals surface area (Å²) in [5, 5.41) is 3.27. The second-order valence-corrected chi connectivity index (χ2v) is 6.62. The van der Waals surface area contributed by atoms with Crippen molar-refractivity contribution in [1.82, 2.24) is 10.2 Å². The topological polar surface area (TPSA) is 50.8 Å². The summed E-state index contributed by atoms with van der Waals surface area (Å²) in [6.45, 7) is 5.11. The van der Waals surface area contributed by atoms with Gasteiger partial charge in [0.25, 0.3) is 0 Å². The number of hydrogen-bond acceptors (Lipinski definition) is 4. The van der Waals surface area contributed by atoms with Gasteiger partial charge in [0.1, 0.15) is 12.1 Å². The summed E-state index contributed by atoms with van der Waals surface area (Å²) in [4.78, 5) is 14.6. The standard InChI is InChI=1S/C16H21BrN2O3.ClH/c1-11-15(18-5-7-21-11)16(20)19-6-8-22-14(10-19)12-3-2-4-13(17)9-12;/h2-4,9,11,14-15,18H,5-8,10H2,1H3;1H/t11-,14?,15+;/m1./s1. The minimum atomic E-state index is -0.255. The summed E-state index contributed by atoms with van der Waals surface area (Å²) < 4.78 is 12.5. The lowest BCUT2D eigenvalue weighted by Crippen LogP contribution is -2.58. The molecule has 0 aromatic heterocycles. The normalized spacial score (nSPS) is 28.1. The van der Waals surface area contributed by atoms with Gasteiger partial charge in [-0.3, -0.25) is 4.79 Å². The molecule has 2 heterocycles. The highest BCUT2D eigenvalue weighted by atomic mass is 79.9. The van der Waals surface area contributed by atoms with Gasteiger partial charge in [0.05, 0.1) is 25.9 Å². The van der Waals surface area contributed by atoms with E-state index in [-0.39, 0.29) is 36.6 Å². The molecule has 2 aliphatic heterocycles. The molecule has 3 atom stereocenters. The molecule has 2 aliphatic rings. The van der Waals surface area contributed by atoms with Gasteiger partial charge in [0, 0.05) is 17.6 Å². The number of nitrogens with zero attached hydrogens (tertiary/aromatic N) is 1. The highest BCUT2D eigenvalue weighted by molar-refractivity contribution is 9.10. The largest absolute Gasteiger partial charge is 0.375 e. The molecule has 0 saturated carbocycles. The molecular formula is C16H22BrClN2O3. The van der Waals surface area contributed by atoms with Gasteiger partial charge in [0.15, 0.2) is 0 Å². The number of halogens is 2. The van der Waals surface area contributed by atoms with Crippen molar-refractivity contribution in [3.63, 3.8) is 0 Å². The zero-order valence-electron chi connectivity index (χ0n) is 13.0. The molecule has 0 bridgehead atoms. The third-order valence-corrected chi connectivity index (χ3v) is 4.67. The Morgan fingerprint density at radius 2 is 2.17 bits per heavy atom. The highest BCUT2D eigenvalue weighted by Crippen LogP contribution is 2.25. The van der Waals surface area contributed by atoms with Crippen molar-refractivity contribution in [3.8, 4) is 0 Å². The summed E-state index contributed by atoms with van der Waals surface area (Å²) >= 11 is 3.48. The Morgan fingerprint density at radius 3 is 2.91 bits per heavy atom. The Morgan fingerprint density at radius 1 is 1.35 bits per heavy atom. The molecule has 2 fully saturated rings. The molecule has 1 aromatic rings. The number of amides is 1. The van der Waals surface area contributed by atoms with Gasteiger partial charge in [-0.2, -0.15) is 0 Å². The summed E-state index contributed by atoms with van der Waals surface area (Å²) in [7, 11) is 0. The van der Waals surface area contributed by atoms with Gasteiger partial charge >= 0.3 is 0 Å². The van der Waals surface area contributed by atoms with E-state index in [4.69, 9.17) is 9.47 Å². The van der Waals surface area contributed by atoms with E-state index in [0.29, 0.717) is 26.3 Å². The van der Waals surface area contributed by atoms with E-state index in [0.717, 1.165) is 16.6 Å². The van der Waals surface area contributed by atoms with Crippen LogP contribution in [0.15, 0.2) is 28.7 Å². The van der Waals surface area contributed by atoms with Gasteiger partial charge in [-0.05, 0) is 24.6 Å². The summed E-state index contributed by atoms with van der Waals surface area (Å²) in [5.41, 5.74) is 1.09. The number of benzene rings is 1. The van der Waals surface area contributed by atoms with E-state index < -0.39 is 0 Å². The maximum Gasteiger partial charge on any atom is 0.242 e. The number of hydrogen-bond donors (Lipinski definition) is 1. The van der Waals surface area contributed by atoms with Crippen LogP contribution in [0.2, 0.25) is 0 Å². The second-order valence-electron chi connectivity index (χ2n) is 5.71. The summed E-state index contributed by atoms with van der Waals surface area (Å²) in [6, 6.07) is 7.80. The summed E-state index contributed by atoms with van der Waals surface area (Å²) in [5.74, 6) is 0.107. The van der Waals surface area contributed by atoms with Gasteiger partial charge in [-0.25, -0.2) is 0 Å². The molecule has 0 aliphatic carbocycles. The van der Waals surface area contributed by atoms with Gasteiger partial charge in [-0.1, -0.05) is 28.1 Å². The average Bonchev–Trinajstić information content (AvgIpc) is 2.55. The van der Waals surface area contributed by atoms with Crippen LogP contribution in [0.5, 0.6) is 0 Å². The monoisotopic (exact) mass is 404 g/mol. The molecule has 23 heavy (non-hydrogen) atoms. The quantitative estimate of drug-likeness (QED) is 0.819. The summed E-state index contributed by atoms with van der Waals surface area (Å²) in [6.07, 6.45) is -0.163. The van der Waals surface area contributed by atoms with Crippen LogP contribution >= 0.6 is 28.3 Å². The SMILES string of the molecule is C[C@H]1OCCN[C@@H]1C(=O)N1CCOC(c2cccc(Br)c2)C1.Cl. The Balaban J connectivity index is 0.00000192. The number of nitrogens with one attached hydrogen (secondary N) is 1. The predicted octanol–water partition coefficient (Wildman–Crippen LogP) is 2.15. The van der Waals surface area contributed by atoms with Crippen molar-refractivity contribution in [2.45, 2.75) is 25.2 Å². The molecule has 5 nitrogen and oxygen atoms in total. The minimum absolute atomic E-state index is 0. The second kappa shape index (κ2) is 8.44. The first kappa shape index (κ1) is 18.7. The van der Waals surface area contributed by atoms with Crippen LogP contribution in [0.25, 0.3) is 0 Å². The molecule has 1 amide bonds. The maximum atomic E-state index is 12.7. The maximum absolute atomic E-state index is 12.7. The number of rotatable bonds is 2. The van der Waals surface area contributed by atoms with E-state index in [9.17, 15) is 4.79 Å². The molecule has 2 saturated heterocycles. The van der Waals surface area contributed by atoms with Crippen LogP contribution < -0.4 is 5.32 Å². The van der Waals surface area contributed by atoms with Crippen molar-refractivity contribution in [3.05, 3.63) is 34.3 Å². The number of morpholine rings is 2. The van der Waals surface area contributed by atoms with Crippen LogP contribution in [0.4, 0.5) is 0 Å². The first-order valence-electron chi connectivity index (χ1n) is 7.66. The molecule has 3 rings (SSSR count). The first-order valence-corrected chi connectivity index (χ1v) is 8.45. The fourth-order valence-electron chi connectivity index (χ4n) is 2.96. The number of ether oxygens (including phenoxy) is 2. The van der Waals surface area contributed by atoms with Crippen molar-refractivity contribution in [2.24, 2.45) is 0 Å². The van der Waals surface area contributed by atoms with E-state index in [1.54, 1.807) is 0 Å². The fourth-order valence-corrected chi connectivity index (χ4v) is 3.38. The van der Waals surface area contributed by atoms with E-state index >= 15 is 0 Å². The zero-order valence-corrected chi connectivity index (χ0v) is 15.4. The lowest BCUT2D eigenvalue weighted by molar-refractivity contribution is -0.147. The van der Waals surface area contributed by atoms with Gasteiger partial charge in [0.2, 0.25) is 5.91 Å². The number of carbonyl (C=O) groups excluding carboxylic acids is 1. The molecule has 0 spiro atoms. The van der Waals surface area contributed by atoms with Crippen LogP contribution in [-0.4, -0.2) is 55.8 Å². The third kappa shape index (κ3) is 4.45. The highest BCUT2D eigenvalue weighted by Gasteiger charge is 2.34. The molecular weight excluding hydrogens is 384 g/mol. The van der Waals surface area contributed by atoms with Crippen molar-refractivity contribution < 1.29 is 14.3 Å². The zero-order chi connectivity index (χ0) is 15.5. The fraction of sp³-hybridized carbons (Fsp3) is 0.562. The average molecular weight is 406 g/mol. The molecule has 1 aromatic carbocycles. The van der Waals surface area contributed by atoms with E-state index in [2.05, 4.69) is 21.2 Å².